The van der Waals surface area contributed by atoms with Crippen molar-refractivity contribution >= 4 is 17.7 Å². The van der Waals surface area contributed by atoms with E-state index in [4.69, 9.17) is 9.26 Å². The highest BCUT2D eigenvalue weighted by Crippen LogP contribution is 2.35. The maximum atomic E-state index is 5.49. The molecule has 1 aliphatic heterocycles. The number of ether oxygens (including phenoxy) is 1. The number of anilines is 1. The molecule has 1 saturated heterocycles. The Balaban J connectivity index is 1.60. The summed E-state index contributed by atoms with van der Waals surface area (Å²) in [5.41, 5.74) is 1.21. The van der Waals surface area contributed by atoms with Crippen LogP contribution < -0.4 is 4.90 Å². The molecule has 1 fully saturated rings. The number of hydrogen-bond acceptors (Lipinski definition) is 8. The molecular formula is C19H24N6O2S. The van der Waals surface area contributed by atoms with Crippen molar-refractivity contribution < 1.29 is 9.26 Å². The summed E-state index contributed by atoms with van der Waals surface area (Å²) in [6, 6.07) is 10.4. The zero-order chi connectivity index (χ0) is 19.3. The van der Waals surface area contributed by atoms with E-state index in [2.05, 4.69) is 41.9 Å². The van der Waals surface area contributed by atoms with Gasteiger partial charge < -0.3 is 14.2 Å². The van der Waals surface area contributed by atoms with Gasteiger partial charge in [-0.05, 0) is 12.5 Å². The molecule has 1 atom stereocenters. The first kappa shape index (κ1) is 18.9. The zero-order valence-corrected chi connectivity index (χ0v) is 16.9. The number of hydrogen-bond donors (Lipinski definition) is 0. The smallest absolute Gasteiger partial charge is 0.239 e. The predicted octanol–water partition coefficient (Wildman–Crippen LogP) is 2.96. The number of nitrogens with zero attached hydrogens (tertiary/aromatic N) is 6. The van der Waals surface area contributed by atoms with Crippen LogP contribution in [0.4, 0.5) is 5.95 Å². The van der Waals surface area contributed by atoms with Crippen LogP contribution in [0.15, 0.2) is 40.0 Å². The van der Waals surface area contributed by atoms with Gasteiger partial charge in [0.05, 0.1) is 25.0 Å². The van der Waals surface area contributed by atoms with Crippen molar-refractivity contribution in [3.8, 4) is 0 Å². The molecule has 2 aromatic heterocycles. The summed E-state index contributed by atoms with van der Waals surface area (Å²) in [7, 11) is 0. The molecular weight excluding hydrogens is 376 g/mol. The van der Waals surface area contributed by atoms with Gasteiger partial charge in [0.15, 0.2) is 11.0 Å². The van der Waals surface area contributed by atoms with Crippen LogP contribution in [0.5, 0.6) is 0 Å². The van der Waals surface area contributed by atoms with Crippen molar-refractivity contribution in [2.24, 2.45) is 0 Å². The fourth-order valence-corrected chi connectivity index (χ4v) is 3.93. The third-order valence-corrected chi connectivity index (χ3v) is 5.67. The van der Waals surface area contributed by atoms with E-state index in [9.17, 15) is 0 Å². The second-order valence-corrected chi connectivity index (χ2v) is 7.92. The minimum absolute atomic E-state index is 0.0101. The first-order valence-electron chi connectivity index (χ1n) is 9.53. The molecule has 28 heavy (non-hydrogen) atoms. The molecule has 0 radical (unpaired) electrons. The van der Waals surface area contributed by atoms with Crippen LogP contribution in [0.25, 0.3) is 0 Å². The molecule has 0 spiro atoms. The Morgan fingerprint density at radius 2 is 1.93 bits per heavy atom. The van der Waals surface area contributed by atoms with Gasteiger partial charge in [0.1, 0.15) is 0 Å². The van der Waals surface area contributed by atoms with E-state index in [1.165, 1.54) is 5.56 Å². The lowest BCUT2D eigenvalue weighted by atomic mass is 10.2. The van der Waals surface area contributed by atoms with Crippen molar-refractivity contribution in [3.05, 3.63) is 47.6 Å². The van der Waals surface area contributed by atoms with E-state index in [1.54, 1.807) is 11.8 Å². The third-order valence-electron chi connectivity index (χ3n) is 4.60. The SMILES string of the molecule is CCc1noc(C(C)Sc2nnc(N3CCOCC3)n2Cc2ccccc2)n1. The van der Waals surface area contributed by atoms with Crippen LogP contribution >= 0.6 is 11.8 Å². The van der Waals surface area contributed by atoms with Crippen LogP contribution in [0.3, 0.4) is 0 Å². The van der Waals surface area contributed by atoms with Gasteiger partial charge in [-0.3, -0.25) is 4.57 Å². The van der Waals surface area contributed by atoms with E-state index >= 15 is 0 Å². The highest BCUT2D eigenvalue weighted by molar-refractivity contribution is 7.99. The minimum Gasteiger partial charge on any atom is -0.378 e. The van der Waals surface area contributed by atoms with Crippen molar-refractivity contribution in [1.82, 2.24) is 24.9 Å². The maximum absolute atomic E-state index is 5.49. The number of aryl methyl sites for hydroxylation is 1. The summed E-state index contributed by atoms with van der Waals surface area (Å²) in [5.74, 6) is 2.22. The van der Waals surface area contributed by atoms with E-state index in [-0.39, 0.29) is 5.25 Å². The topological polar surface area (TPSA) is 82.1 Å². The first-order valence-corrected chi connectivity index (χ1v) is 10.4. The Labute approximate surface area is 168 Å². The van der Waals surface area contributed by atoms with Gasteiger partial charge in [0, 0.05) is 19.5 Å². The molecule has 1 unspecified atom stereocenters. The predicted molar refractivity (Wildman–Crippen MR) is 107 cm³/mol. The van der Waals surface area contributed by atoms with Crippen LogP contribution in [0.1, 0.15) is 36.4 Å². The fourth-order valence-electron chi connectivity index (χ4n) is 3.05. The minimum atomic E-state index is -0.0101. The quantitative estimate of drug-likeness (QED) is 0.560. The molecule has 3 heterocycles. The van der Waals surface area contributed by atoms with Gasteiger partial charge in [0.25, 0.3) is 0 Å². The van der Waals surface area contributed by atoms with Crippen molar-refractivity contribution in [3.63, 3.8) is 0 Å². The summed E-state index contributed by atoms with van der Waals surface area (Å²) < 4.78 is 13.1. The molecule has 8 nitrogen and oxygen atoms in total. The van der Waals surface area contributed by atoms with Gasteiger partial charge in [0.2, 0.25) is 11.8 Å². The van der Waals surface area contributed by atoms with Crippen molar-refractivity contribution in [2.45, 2.75) is 37.2 Å². The average molecular weight is 401 g/mol. The van der Waals surface area contributed by atoms with Crippen molar-refractivity contribution in [2.75, 3.05) is 31.2 Å². The van der Waals surface area contributed by atoms with Gasteiger partial charge in [-0.1, -0.05) is 54.2 Å². The lowest BCUT2D eigenvalue weighted by Crippen LogP contribution is -2.38. The monoisotopic (exact) mass is 400 g/mol. The average Bonchev–Trinajstić information content (AvgIpc) is 3.37. The van der Waals surface area contributed by atoms with Crippen LogP contribution in [0, 0.1) is 0 Å². The number of benzene rings is 1. The molecule has 3 aromatic rings. The lowest BCUT2D eigenvalue weighted by Gasteiger charge is -2.28. The number of thioether (sulfide) groups is 1. The molecule has 1 aromatic carbocycles. The van der Waals surface area contributed by atoms with Gasteiger partial charge in [-0.2, -0.15) is 4.98 Å². The molecule has 0 saturated carbocycles. The van der Waals surface area contributed by atoms with E-state index < -0.39 is 0 Å². The fraction of sp³-hybridized carbons (Fsp3) is 0.474. The largest absolute Gasteiger partial charge is 0.378 e. The molecule has 1 aliphatic rings. The molecule has 0 amide bonds. The van der Waals surface area contributed by atoms with Crippen LogP contribution in [-0.4, -0.2) is 51.2 Å². The second kappa shape index (κ2) is 8.74. The van der Waals surface area contributed by atoms with Gasteiger partial charge in [-0.25, -0.2) is 0 Å². The lowest BCUT2D eigenvalue weighted by molar-refractivity contribution is 0.121. The second-order valence-electron chi connectivity index (χ2n) is 6.62. The highest BCUT2D eigenvalue weighted by Gasteiger charge is 2.24. The zero-order valence-electron chi connectivity index (χ0n) is 16.1. The summed E-state index contributed by atoms with van der Waals surface area (Å²) >= 11 is 1.59. The maximum Gasteiger partial charge on any atom is 0.239 e. The number of rotatable bonds is 7. The summed E-state index contributed by atoms with van der Waals surface area (Å²) in [6.45, 7) is 7.82. The van der Waals surface area contributed by atoms with E-state index in [0.717, 1.165) is 36.4 Å². The van der Waals surface area contributed by atoms with Crippen LogP contribution in [-0.2, 0) is 17.7 Å². The number of aromatic nitrogens is 5. The molecule has 4 rings (SSSR count). The molecule has 9 heteroatoms. The summed E-state index contributed by atoms with van der Waals surface area (Å²) in [5, 5.41) is 13.8. The van der Waals surface area contributed by atoms with Gasteiger partial charge >= 0.3 is 0 Å². The summed E-state index contributed by atoms with van der Waals surface area (Å²) in [6.07, 6.45) is 0.756. The van der Waals surface area contributed by atoms with E-state index in [1.807, 2.05) is 32.0 Å². The normalized spacial score (nSPS) is 15.7. The number of morpholine rings is 1. The summed E-state index contributed by atoms with van der Waals surface area (Å²) in [4.78, 5) is 6.68. The van der Waals surface area contributed by atoms with Crippen LogP contribution in [0.2, 0.25) is 0 Å². The Bertz CT molecular complexity index is 891. The van der Waals surface area contributed by atoms with Gasteiger partial charge in [-0.15, -0.1) is 10.2 Å². The molecule has 0 aliphatic carbocycles. The van der Waals surface area contributed by atoms with E-state index in [0.29, 0.717) is 25.6 Å². The first-order chi connectivity index (χ1) is 13.7. The Hall–Kier alpha value is -2.39. The molecule has 0 N–H and O–H groups in total. The Morgan fingerprint density at radius 1 is 1.14 bits per heavy atom. The Morgan fingerprint density at radius 3 is 2.64 bits per heavy atom. The Kier molecular flexibility index (Phi) is 5.92. The highest BCUT2D eigenvalue weighted by atomic mass is 32.2. The third kappa shape index (κ3) is 4.20. The molecule has 148 valence electrons. The molecule has 0 bridgehead atoms. The van der Waals surface area contributed by atoms with Crippen molar-refractivity contribution in [1.29, 1.82) is 0 Å². The standard InChI is InChI=1S/C19H24N6O2S/c1-3-16-20-17(27-23-16)14(2)28-19-22-21-18(24-9-11-26-12-10-24)25(19)13-15-7-5-4-6-8-15/h4-8,14H,3,9-13H2,1-2H3.